The summed E-state index contributed by atoms with van der Waals surface area (Å²) in [5.74, 6) is 0.312. The molecule has 4 rings (SSSR count). The van der Waals surface area contributed by atoms with Crippen LogP contribution in [0.5, 0.6) is 5.75 Å². The van der Waals surface area contributed by atoms with Crippen molar-refractivity contribution in [3.8, 4) is 5.75 Å². The van der Waals surface area contributed by atoms with Crippen LogP contribution < -0.4 is 10.1 Å². The van der Waals surface area contributed by atoms with Gasteiger partial charge in [-0.3, -0.25) is 19.7 Å². The molecule has 176 valence electrons. The van der Waals surface area contributed by atoms with E-state index in [1.807, 2.05) is 4.90 Å². The van der Waals surface area contributed by atoms with Gasteiger partial charge in [0.15, 0.2) is 17.5 Å². The number of anilines is 1. The number of rotatable bonds is 5. The summed E-state index contributed by atoms with van der Waals surface area (Å²) >= 11 is 1.24. The number of likely N-dealkylation sites (tertiary alicyclic amines) is 1. The third-order valence-electron chi connectivity index (χ3n) is 6.42. The van der Waals surface area contributed by atoms with Crippen molar-refractivity contribution in [2.24, 2.45) is 5.41 Å². The topological polar surface area (TPSA) is 88.6 Å². The molecular formula is C25H31N3O4S. The number of piperidine rings is 1. The molecule has 1 N–H and O–H groups in total. The predicted octanol–water partition coefficient (Wildman–Crippen LogP) is 4.72. The van der Waals surface area contributed by atoms with Crippen molar-refractivity contribution < 1.29 is 19.1 Å². The summed E-state index contributed by atoms with van der Waals surface area (Å²) in [6.07, 6.45) is 4.41. The predicted molar refractivity (Wildman–Crippen MR) is 128 cm³/mol. The molecule has 2 heterocycles. The Labute approximate surface area is 198 Å². The Morgan fingerprint density at radius 2 is 1.82 bits per heavy atom. The minimum absolute atomic E-state index is 0.0121. The molecule has 2 amide bonds. The summed E-state index contributed by atoms with van der Waals surface area (Å²) < 4.78 is 5.69. The molecule has 2 aromatic rings. The average molecular weight is 470 g/mol. The zero-order valence-corrected chi connectivity index (χ0v) is 20.5. The molecule has 8 heteroatoms. The lowest BCUT2D eigenvalue weighted by Gasteiger charge is -2.38. The molecule has 0 saturated carbocycles. The molecule has 1 aromatic heterocycles. The first kappa shape index (κ1) is 23.4. The molecular weight excluding hydrogens is 438 g/mol. The number of aromatic nitrogens is 1. The number of carbonyl (C=O) groups excluding carboxylic acids is 3. The van der Waals surface area contributed by atoms with E-state index in [9.17, 15) is 14.4 Å². The van der Waals surface area contributed by atoms with Crippen molar-refractivity contribution in [1.82, 2.24) is 9.88 Å². The normalized spacial score (nSPS) is 21.9. The minimum Gasteiger partial charge on any atom is -0.484 e. The monoisotopic (exact) mass is 469 g/mol. The number of thiazole rings is 1. The van der Waals surface area contributed by atoms with Crippen LogP contribution in [0.15, 0.2) is 24.3 Å². The number of fused-ring (bicyclic) bond motifs is 1. The Balaban J connectivity index is 1.34. The smallest absolute Gasteiger partial charge is 0.260 e. The number of hydrogen-bond donors (Lipinski definition) is 1. The molecule has 2 aliphatic rings. The average Bonchev–Trinajstić information content (AvgIpc) is 3.14. The van der Waals surface area contributed by atoms with E-state index in [-0.39, 0.29) is 41.7 Å². The van der Waals surface area contributed by atoms with Gasteiger partial charge in [-0.1, -0.05) is 25.2 Å². The molecule has 1 saturated heterocycles. The largest absolute Gasteiger partial charge is 0.484 e. The highest BCUT2D eigenvalue weighted by atomic mass is 32.1. The van der Waals surface area contributed by atoms with E-state index < -0.39 is 0 Å². The van der Waals surface area contributed by atoms with Gasteiger partial charge in [-0.05, 0) is 69.2 Å². The van der Waals surface area contributed by atoms with Crippen molar-refractivity contribution in [3.63, 3.8) is 0 Å². The van der Waals surface area contributed by atoms with E-state index in [4.69, 9.17) is 4.74 Å². The van der Waals surface area contributed by atoms with Gasteiger partial charge >= 0.3 is 0 Å². The second kappa shape index (κ2) is 9.25. The van der Waals surface area contributed by atoms with E-state index in [0.717, 1.165) is 31.4 Å². The Bertz CT molecular complexity index is 1050. The Hall–Kier alpha value is -2.74. The summed E-state index contributed by atoms with van der Waals surface area (Å²) in [4.78, 5) is 44.7. The number of carbonyl (C=O) groups is 3. The fourth-order valence-corrected chi connectivity index (χ4v) is 5.69. The molecule has 2 unspecified atom stereocenters. The maximum Gasteiger partial charge on any atom is 0.260 e. The first-order valence-electron chi connectivity index (χ1n) is 11.5. The van der Waals surface area contributed by atoms with Crippen LogP contribution in [0.25, 0.3) is 0 Å². The molecule has 1 aliphatic heterocycles. The van der Waals surface area contributed by atoms with Crippen LogP contribution in [-0.2, 0) is 11.2 Å². The highest BCUT2D eigenvalue weighted by Crippen LogP contribution is 2.38. The van der Waals surface area contributed by atoms with Gasteiger partial charge in [0.2, 0.25) is 0 Å². The number of amides is 2. The van der Waals surface area contributed by atoms with Gasteiger partial charge in [-0.25, -0.2) is 4.98 Å². The first-order chi connectivity index (χ1) is 15.6. The first-order valence-corrected chi connectivity index (χ1v) is 12.3. The third-order valence-corrected chi connectivity index (χ3v) is 7.47. The standard InChI is InChI=1S/C25H31N3O4S/c1-15-6-5-7-16(2)28(15)21(30)14-32-18-10-8-17(9-11-18)23(31)27-24-26-19-12-25(3,4)13-20(29)22(19)33-24/h8-11,15-16H,5-7,12-14H2,1-4H3,(H,26,27,31). The Morgan fingerprint density at radius 1 is 1.15 bits per heavy atom. The SMILES string of the molecule is CC1CCCC(C)N1C(=O)COc1ccc(C(=O)Nc2nc3c(s2)C(=O)CC(C)(C)C3)cc1. The quantitative estimate of drug-likeness (QED) is 0.685. The maximum atomic E-state index is 12.7. The van der Waals surface area contributed by atoms with Crippen LogP contribution in [0.4, 0.5) is 5.13 Å². The van der Waals surface area contributed by atoms with Gasteiger partial charge in [0.25, 0.3) is 11.8 Å². The fourth-order valence-electron chi connectivity index (χ4n) is 4.78. The van der Waals surface area contributed by atoms with Crippen LogP contribution in [0.3, 0.4) is 0 Å². The number of nitrogens with zero attached hydrogens (tertiary/aromatic N) is 2. The summed E-state index contributed by atoms with van der Waals surface area (Å²) in [5, 5.41) is 3.24. The summed E-state index contributed by atoms with van der Waals surface area (Å²) in [7, 11) is 0. The van der Waals surface area contributed by atoms with Crippen molar-refractivity contribution >= 4 is 34.1 Å². The van der Waals surface area contributed by atoms with Crippen LogP contribution in [-0.4, -0.2) is 46.2 Å². The molecule has 0 radical (unpaired) electrons. The van der Waals surface area contributed by atoms with Gasteiger partial charge in [0, 0.05) is 24.1 Å². The summed E-state index contributed by atoms with van der Waals surface area (Å²) in [5.41, 5.74) is 1.11. The summed E-state index contributed by atoms with van der Waals surface area (Å²) in [6, 6.07) is 7.14. The Kier molecular flexibility index (Phi) is 6.56. The lowest BCUT2D eigenvalue weighted by Crippen LogP contribution is -2.49. The van der Waals surface area contributed by atoms with E-state index >= 15 is 0 Å². The molecule has 1 aliphatic carbocycles. The van der Waals surface area contributed by atoms with Crippen molar-refractivity contribution in [1.29, 1.82) is 0 Å². The van der Waals surface area contributed by atoms with Crippen LogP contribution in [0.1, 0.15) is 79.1 Å². The molecule has 1 aromatic carbocycles. The van der Waals surface area contributed by atoms with E-state index in [1.165, 1.54) is 11.3 Å². The molecule has 7 nitrogen and oxygen atoms in total. The zero-order valence-electron chi connectivity index (χ0n) is 19.6. The van der Waals surface area contributed by atoms with Crippen molar-refractivity contribution in [2.75, 3.05) is 11.9 Å². The highest BCUT2D eigenvalue weighted by Gasteiger charge is 2.34. The third kappa shape index (κ3) is 5.27. The summed E-state index contributed by atoms with van der Waals surface area (Å²) in [6.45, 7) is 8.25. The van der Waals surface area contributed by atoms with Gasteiger partial charge in [0.1, 0.15) is 5.75 Å². The van der Waals surface area contributed by atoms with Crippen LogP contribution >= 0.6 is 11.3 Å². The van der Waals surface area contributed by atoms with Crippen LogP contribution in [0.2, 0.25) is 0 Å². The molecule has 33 heavy (non-hydrogen) atoms. The zero-order chi connectivity index (χ0) is 23.8. The van der Waals surface area contributed by atoms with Gasteiger partial charge < -0.3 is 9.64 Å². The second-order valence-electron chi connectivity index (χ2n) is 9.93. The van der Waals surface area contributed by atoms with Crippen LogP contribution in [0, 0.1) is 5.41 Å². The number of benzene rings is 1. The van der Waals surface area contributed by atoms with Gasteiger partial charge in [0.05, 0.1) is 10.6 Å². The van der Waals surface area contributed by atoms with E-state index in [2.05, 4.69) is 38.0 Å². The lowest BCUT2D eigenvalue weighted by atomic mass is 9.78. The van der Waals surface area contributed by atoms with E-state index in [1.54, 1.807) is 24.3 Å². The molecule has 0 bridgehead atoms. The maximum absolute atomic E-state index is 12.7. The highest BCUT2D eigenvalue weighted by molar-refractivity contribution is 7.17. The van der Waals surface area contributed by atoms with Crippen molar-refractivity contribution in [2.45, 2.75) is 71.9 Å². The van der Waals surface area contributed by atoms with E-state index in [0.29, 0.717) is 27.7 Å². The number of ketones is 1. The number of nitrogens with one attached hydrogen (secondary N) is 1. The molecule has 2 atom stereocenters. The number of ether oxygens (including phenoxy) is 1. The molecule has 1 fully saturated rings. The lowest BCUT2D eigenvalue weighted by molar-refractivity contribution is -0.139. The number of hydrogen-bond acceptors (Lipinski definition) is 6. The number of Topliss-reactive ketones (excluding diaryl/α,β-unsaturated/α-hetero) is 1. The minimum atomic E-state index is -0.300. The fraction of sp³-hybridized carbons (Fsp3) is 0.520. The second-order valence-corrected chi connectivity index (χ2v) is 10.9. The van der Waals surface area contributed by atoms with Crippen molar-refractivity contribution in [3.05, 3.63) is 40.4 Å². The van der Waals surface area contributed by atoms with Gasteiger partial charge in [-0.2, -0.15) is 0 Å². The molecule has 0 spiro atoms. The van der Waals surface area contributed by atoms with Gasteiger partial charge in [-0.15, -0.1) is 0 Å². The Morgan fingerprint density at radius 3 is 2.48 bits per heavy atom.